The molecule has 6 heteroatoms. The second-order valence-electron chi connectivity index (χ2n) is 6.96. The van der Waals surface area contributed by atoms with Crippen molar-refractivity contribution < 1.29 is 18.7 Å². The summed E-state index contributed by atoms with van der Waals surface area (Å²) >= 11 is 3.64. The van der Waals surface area contributed by atoms with Crippen molar-refractivity contribution in [1.82, 2.24) is 4.57 Å². The highest BCUT2D eigenvalue weighted by Gasteiger charge is 2.11. The first-order valence-electron chi connectivity index (χ1n) is 9.18. The minimum absolute atomic E-state index is 0.189. The third-order valence-corrected chi connectivity index (χ3v) is 5.15. The van der Waals surface area contributed by atoms with Crippen LogP contribution in [0, 0.1) is 5.82 Å². The summed E-state index contributed by atoms with van der Waals surface area (Å²) in [4.78, 5) is 11.0. The van der Waals surface area contributed by atoms with Gasteiger partial charge in [-0.05, 0) is 55.8 Å². The van der Waals surface area contributed by atoms with Crippen LogP contribution in [0.1, 0.15) is 37.9 Å². The van der Waals surface area contributed by atoms with Gasteiger partial charge in [-0.15, -0.1) is 0 Å². The molecule has 0 radical (unpaired) electrons. The van der Waals surface area contributed by atoms with E-state index in [9.17, 15) is 9.18 Å². The van der Waals surface area contributed by atoms with E-state index in [0.29, 0.717) is 30.4 Å². The number of hydrogen-bond donors (Lipinski definition) is 0. The third kappa shape index (κ3) is 4.73. The SMILES string of the molecule is CC(=O)OCCc1cc(F)ccc1OCc1cc(Br)c2ccn(C(C)C)c2c1. The van der Waals surface area contributed by atoms with Gasteiger partial charge in [0.1, 0.15) is 18.2 Å². The molecule has 0 atom stereocenters. The summed E-state index contributed by atoms with van der Waals surface area (Å²) < 4.78 is 27.8. The van der Waals surface area contributed by atoms with Crippen LogP contribution < -0.4 is 4.74 Å². The molecule has 0 unspecified atom stereocenters. The van der Waals surface area contributed by atoms with Gasteiger partial charge in [-0.2, -0.15) is 0 Å². The number of fused-ring (bicyclic) bond motifs is 1. The second kappa shape index (κ2) is 8.78. The van der Waals surface area contributed by atoms with Gasteiger partial charge >= 0.3 is 5.97 Å². The molecule has 0 saturated carbocycles. The van der Waals surface area contributed by atoms with Crippen molar-refractivity contribution in [1.29, 1.82) is 0 Å². The maximum atomic E-state index is 13.6. The van der Waals surface area contributed by atoms with E-state index in [-0.39, 0.29) is 18.4 Å². The van der Waals surface area contributed by atoms with Crippen LogP contribution in [0.3, 0.4) is 0 Å². The molecule has 28 heavy (non-hydrogen) atoms. The smallest absolute Gasteiger partial charge is 0.302 e. The third-order valence-electron chi connectivity index (χ3n) is 4.50. The molecule has 1 aromatic heterocycles. The van der Waals surface area contributed by atoms with Crippen molar-refractivity contribution in [2.24, 2.45) is 0 Å². The van der Waals surface area contributed by atoms with Crippen LogP contribution in [0.2, 0.25) is 0 Å². The van der Waals surface area contributed by atoms with Crippen LogP contribution >= 0.6 is 15.9 Å². The molecular weight excluding hydrogens is 425 g/mol. The lowest BCUT2D eigenvalue weighted by Crippen LogP contribution is -2.06. The zero-order valence-corrected chi connectivity index (χ0v) is 17.8. The van der Waals surface area contributed by atoms with E-state index < -0.39 is 0 Å². The van der Waals surface area contributed by atoms with Gasteiger partial charge in [0, 0.05) is 46.5 Å². The molecule has 3 rings (SSSR count). The van der Waals surface area contributed by atoms with Gasteiger partial charge in [0.25, 0.3) is 0 Å². The van der Waals surface area contributed by atoms with E-state index >= 15 is 0 Å². The number of aromatic nitrogens is 1. The average Bonchev–Trinajstić information content (AvgIpc) is 3.05. The Labute approximate surface area is 172 Å². The summed E-state index contributed by atoms with van der Waals surface area (Å²) in [5.41, 5.74) is 2.82. The fourth-order valence-corrected chi connectivity index (χ4v) is 3.78. The molecule has 3 aromatic rings. The van der Waals surface area contributed by atoms with Crippen LogP contribution in [0.5, 0.6) is 5.75 Å². The summed E-state index contributed by atoms with van der Waals surface area (Å²) in [5, 5.41) is 1.15. The lowest BCUT2D eigenvalue weighted by atomic mass is 10.1. The Bertz CT molecular complexity index is 997. The molecule has 2 aromatic carbocycles. The molecule has 0 N–H and O–H groups in total. The topological polar surface area (TPSA) is 40.5 Å². The van der Waals surface area contributed by atoms with E-state index in [1.54, 1.807) is 6.07 Å². The summed E-state index contributed by atoms with van der Waals surface area (Å²) in [6, 6.07) is 11.0. The molecule has 0 saturated heterocycles. The van der Waals surface area contributed by atoms with Crippen LogP contribution in [-0.4, -0.2) is 17.1 Å². The second-order valence-corrected chi connectivity index (χ2v) is 7.81. The quantitative estimate of drug-likeness (QED) is 0.429. The zero-order chi connectivity index (χ0) is 20.3. The van der Waals surface area contributed by atoms with E-state index in [2.05, 4.69) is 52.7 Å². The molecule has 0 aliphatic carbocycles. The maximum absolute atomic E-state index is 13.6. The Balaban J connectivity index is 1.80. The number of benzene rings is 2. The largest absolute Gasteiger partial charge is 0.489 e. The number of ether oxygens (including phenoxy) is 2. The Morgan fingerprint density at radius 1 is 1.21 bits per heavy atom. The number of hydrogen-bond acceptors (Lipinski definition) is 3. The summed E-state index contributed by atoms with van der Waals surface area (Å²) in [5.74, 6) is -0.113. The Hall–Kier alpha value is -2.34. The van der Waals surface area contributed by atoms with Gasteiger partial charge in [0.05, 0.1) is 6.61 Å². The predicted molar refractivity (Wildman–Crippen MR) is 111 cm³/mol. The fourth-order valence-electron chi connectivity index (χ4n) is 3.16. The Kier molecular flexibility index (Phi) is 6.39. The lowest BCUT2D eigenvalue weighted by molar-refractivity contribution is -0.140. The van der Waals surface area contributed by atoms with Crippen LogP contribution in [0.25, 0.3) is 10.9 Å². The first kappa shape index (κ1) is 20.4. The predicted octanol–water partition coefficient (Wildman–Crippen LogP) is 5.81. The maximum Gasteiger partial charge on any atom is 0.302 e. The fraction of sp³-hybridized carbons (Fsp3) is 0.318. The normalized spacial score (nSPS) is 11.2. The van der Waals surface area contributed by atoms with Crippen LogP contribution in [-0.2, 0) is 22.6 Å². The molecule has 0 aliphatic heterocycles. The summed E-state index contributed by atoms with van der Waals surface area (Å²) in [7, 11) is 0. The highest BCUT2D eigenvalue weighted by atomic mass is 79.9. The van der Waals surface area contributed by atoms with Crippen molar-refractivity contribution in [3.8, 4) is 5.75 Å². The number of esters is 1. The highest BCUT2D eigenvalue weighted by molar-refractivity contribution is 9.10. The minimum Gasteiger partial charge on any atom is -0.489 e. The molecule has 4 nitrogen and oxygen atoms in total. The first-order chi connectivity index (χ1) is 13.3. The van der Waals surface area contributed by atoms with Gasteiger partial charge in [-0.1, -0.05) is 15.9 Å². The molecule has 0 aliphatic rings. The Morgan fingerprint density at radius 2 is 2.00 bits per heavy atom. The highest BCUT2D eigenvalue weighted by Crippen LogP contribution is 2.30. The van der Waals surface area contributed by atoms with Gasteiger partial charge < -0.3 is 14.0 Å². The first-order valence-corrected chi connectivity index (χ1v) is 9.98. The number of carbonyl (C=O) groups excluding carboxylic acids is 1. The monoisotopic (exact) mass is 447 g/mol. The van der Waals surface area contributed by atoms with Gasteiger partial charge in [-0.25, -0.2) is 4.39 Å². The number of nitrogens with zero attached hydrogens (tertiary/aromatic N) is 1. The molecular formula is C22H23BrFNO3. The van der Waals surface area contributed by atoms with Gasteiger partial charge in [-0.3, -0.25) is 4.79 Å². The Morgan fingerprint density at radius 3 is 2.71 bits per heavy atom. The molecule has 0 amide bonds. The zero-order valence-electron chi connectivity index (χ0n) is 16.2. The van der Waals surface area contributed by atoms with Crippen LogP contribution in [0.15, 0.2) is 47.1 Å². The number of rotatable bonds is 7. The van der Waals surface area contributed by atoms with Crippen molar-refractivity contribution >= 4 is 32.8 Å². The molecule has 148 valence electrons. The van der Waals surface area contributed by atoms with E-state index in [0.717, 1.165) is 20.9 Å². The van der Waals surface area contributed by atoms with Gasteiger partial charge in [0.2, 0.25) is 0 Å². The molecule has 0 fully saturated rings. The minimum atomic E-state index is -0.356. The molecule has 0 spiro atoms. The van der Waals surface area contributed by atoms with Gasteiger partial charge in [0.15, 0.2) is 0 Å². The standard InChI is InChI=1S/C22H23BrFNO3/c1-14(2)25-8-6-19-20(23)10-16(11-21(19)25)13-28-22-5-4-18(24)12-17(22)7-9-27-15(3)26/h4-6,8,10-12,14H,7,9,13H2,1-3H3. The summed E-state index contributed by atoms with van der Waals surface area (Å²) in [6.07, 6.45) is 2.48. The van der Waals surface area contributed by atoms with Crippen molar-refractivity contribution in [2.75, 3.05) is 6.61 Å². The van der Waals surface area contributed by atoms with E-state index in [1.807, 2.05) is 6.07 Å². The van der Waals surface area contributed by atoms with E-state index in [4.69, 9.17) is 9.47 Å². The number of halogens is 2. The lowest BCUT2D eigenvalue weighted by Gasteiger charge is -2.14. The summed E-state index contributed by atoms with van der Waals surface area (Å²) in [6.45, 7) is 6.18. The molecule has 1 heterocycles. The van der Waals surface area contributed by atoms with Crippen molar-refractivity contribution in [3.63, 3.8) is 0 Å². The van der Waals surface area contributed by atoms with E-state index in [1.165, 1.54) is 19.1 Å². The van der Waals surface area contributed by atoms with Crippen LogP contribution in [0.4, 0.5) is 4.39 Å². The van der Waals surface area contributed by atoms with Crippen molar-refractivity contribution in [2.45, 2.75) is 39.8 Å². The average molecular weight is 448 g/mol. The molecule has 0 bridgehead atoms. The number of carbonyl (C=O) groups is 1. The van der Waals surface area contributed by atoms with Crippen molar-refractivity contribution in [3.05, 3.63) is 64.0 Å².